The minimum atomic E-state index is -0.0108. The van der Waals surface area contributed by atoms with Gasteiger partial charge in [-0.2, -0.15) is 0 Å². The molecule has 114 valence electrons. The Morgan fingerprint density at radius 3 is 2.71 bits per heavy atom. The number of hydrogen-bond acceptors (Lipinski definition) is 4. The number of aliphatic hydroxyl groups excluding tert-OH is 1. The monoisotopic (exact) mass is 290 g/mol. The molecule has 0 atom stereocenters. The van der Waals surface area contributed by atoms with E-state index in [-0.39, 0.29) is 12.5 Å². The largest absolute Gasteiger partial charge is 0.492 e. The predicted octanol–water partition coefficient (Wildman–Crippen LogP) is 0.477. The Morgan fingerprint density at radius 2 is 2.10 bits per heavy atom. The number of amides is 1. The first-order valence-corrected chi connectivity index (χ1v) is 6.87. The molecular weight excluding hydrogens is 268 g/mol. The molecule has 21 heavy (non-hydrogen) atoms. The van der Waals surface area contributed by atoms with E-state index >= 15 is 0 Å². The summed E-state index contributed by atoms with van der Waals surface area (Å²) in [5.41, 5.74) is 0.896. The highest BCUT2D eigenvalue weighted by Crippen LogP contribution is 2.11. The average molecular weight is 290 g/mol. The summed E-state index contributed by atoms with van der Waals surface area (Å²) in [6, 6.07) is 7.49. The van der Waals surface area contributed by atoms with Crippen LogP contribution in [0.15, 0.2) is 24.3 Å². The Kier molecular flexibility index (Phi) is 7.95. The van der Waals surface area contributed by atoms with Crippen molar-refractivity contribution < 1.29 is 14.6 Å². The third-order valence-electron chi connectivity index (χ3n) is 2.76. The van der Waals surface area contributed by atoms with Crippen LogP contribution in [-0.4, -0.2) is 56.3 Å². The Hall–Kier alpha value is -2.03. The Morgan fingerprint density at radius 1 is 1.38 bits per heavy atom. The molecule has 0 bridgehead atoms. The number of hydrogen-bond donors (Lipinski definition) is 2. The first-order chi connectivity index (χ1) is 10.2. The van der Waals surface area contributed by atoms with Crippen LogP contribution in [0.25, 0.3) is 0 Å². The number of benzene rings is 1. The van der Waals surface area contributed by atoms with Crippen molar-refractivity contribution in [3.63, 3.8) is 0 Å². The summed E-state index contributed by atoms with van der Waals surface area (Å²) in [5, 5.41) is 11.2. The van der Waals surface area contributed by atoms with E-state index in [0.717, 1.165) is 11.3 Å². The normalized spacial score (nSPS) is 9.90. The second-order valence-corrected chi connectivity index (χ2v) is 4.56. The topological polar surface area (TPSA) is 61.8 Å². The SMILES string of the molecule is CNC(=O)CN(C)CCOc1ccc(C#CCCO)cc1. The van der Waals surface area contributed by atoms with Crippen LogP contribution in [-0.2, 0) is 4.79 Å². The highest BCUT2D eigenvalue weighted by atomic mass is 16.5. The van der Waals surface area contributed by atoms with Gasteiger partial charge in [0.1, 0.15) is 12.4 Å². The molecule has 0 aromatic heterocycles. The van der Waals surface area contributed by atoms with Gasteiger partial charge in [0, 0.05) is 25.6 Å². The molecule has 1 aromatic rings. The van der Waals surface area contributed by atoms with Gasteiger partial charge in [-0.25, -0.2) is 0 Å². The Balaban J connectivity index is 2.33. The number of nitrogens with zero attached hydrogens (tertiary/aromatic N) is 1. The van der Waals surface area contributed by atoms with Crippen molar-refractivity contribution in [3.05, 3.63) is 29.8 Å². The maximum Gasteiger partial charge on any atom is 0.233 e. The fourth-order valence-electron chi connectivity index (χ4n) is 1.58. The van der Waals surface area contributed by atoms with Gasteiger partial charge in [0.05, 0.1) is 13.2 Å². The molecule has 1 aromatic carbocycles. The maximum atomic E-state index is 11.2. The molecule has 0 aliphatic carbocycles. The van der Waals surface area contributed by atoms with Gasteiger partial charge >= 0.3 is 0 Å². The molecule has 5 heteroatoms. The van der Waals surface area contributed by atoms with E-state index in [0.29, 0.717) is 26.1 Å². The fraction of sp³-hybridized carbons (Fsp3) is 0.438. The van der Waals surface area contributed by atoms with Crippen molar-refractivity contribution in [1.82, 2.24) is 10.2 Å². The van der Waals surface area contributed by atoms with Crippen molar-refractivity contribution in [2.24, 2.45) is 0 Å². The van der Waals surface area contributed by atoms with E-state index in [4.69, 9.17) is 9.84 Å². The summed E-state index contributed by atoms with van der Waals surface area (Å²) in [5.74, 6) is 6.59. The van der Waals surface area contributed by atoms with Gasteiger partial charge in [-0.1, -0.05) is 11.8 Å². The maximum absolute atomic E-state index is 11.2. The first kappa shape index (κ1) is 17.0. The molecule has 1 rings (SSSR count). The lowest BCUT2D eigenvalue weighted by Gasteiger charge is -2.15. The number of ether oxygens (including phenoxy) is 1. The van der Waals surface area contributed by atoms with Crippen molar-refractivity contribution in [1.29, 1.82) is 0 Å². The third kappa shape index (κ3) is 7.35. The van der Waals surface area contributed by atoms with Crippen molar-refractivity contribution >= 4 is 5.91 Å². The van der Waals surface area contributed by atoms with Crippen molar-refractivity contribution in [2.45, 2.75) is 6.42 Å². The van der Waals surface area contributed by atoms with Crippen LogP contribution >= 0.6 is 0 Å². The number of likely N-dealkylation sites (N-methyl/N-ethyl adjacent to an activating group) is 2. The number of rotatable bonds is 7. The van der Waals surface area contributed by atoms with Crippen molar-refractivity contribution in [2.75, 3.05) is 40.4 Å². The van der Waals surface area contributed by atoms with Crippen LogP contribution in [0.4, 0.5) is 0 Å². The molecule has 2 N–H and O–H groups in total. The predicted molar refractivity (Wildman–Crippen MR) is 82.1 cm³/mol. The number of carbonyl (C=O) groups is 1. The molecule has 0 heterocycles. The summed E-state index contributed by atoms with van der Waals surface area (Å²) in [6.07, 6.45) is 0.482. The molecule has 5 nitrogen and oxygen atoms in total. The van der Waals surface area contributed by atoms with E-state index in [1.807, 2.05) is 36.2 Å². The Bertz CT molecular complexity index is 488. The van der Waals surface area contributed by atoms with E-state index < -0.39 is 0 Å². The molecule has 0 unspecified atom stereocenters. The molecule has 0 spiro atoms. The lowest BCUT2D eigenvalue weighted by atomic mass is 10.2. The molecule has 0 saturated carbocycles. The molecule has 0 fully saturated rings. The molecular formula is C16H22N2O3. The fourth-order valence-corrected chi connectivity index (χ4v) is 1.58. The number of carbonyl (C=O) groups excluding carboxylic acids is 1. The van der Waals surface area contributed by atoms with Gasteiger partial charge in [-0.15, -0.1) is 0 Å². The molecule has 0 radical (unpaired) electrons. The van der Waals surface area contributed by atoms with Gasteiger partial charge in [0.25, 0.3) is 0 Å². The zero-order valence-electron chi connectivity index (χ0n) is 12.6. The van der Waals surface area contributed by atoms with Gasteiger partial charge in [-0.3, -0.25) is 9.69 Å². The number of nitrogens with one attached hydrogen (secondary N) is 1. The highest BCUT2D eigenvalue weighted by molar-refractivity contribution is 5.77. The standard InChI is InChI=1S/C16H22N2O3/c1-17-16(20)13-18(2)10-12-21-15-8-6-14(7-9-15)5-3-4-11-19/h6-9,19H,4,10-13H2,1-2H3,(H,17,20). The highest BCUT2D eigenvalue weighted by Gasteiger charge is 2.04. The molecule has 1 amide bonds. The first-order valence-electron chi connectivity index (χ1n) is 6.87. The second kappa shape index (κ2) is 9.81. The molecule has 0 saturated heterocycles. The lowest BCUT2D eigenvalue weighted by molar-refractivity contribution is -0.121. The van der Waals surface area contributed by atoms with E-state index in [1.165, 1.54) is 0 Å². The quantitative estimate of drug-likeness (QED) is 0.717. The minimum absolute atomic E-state index is 0.0108. The summed E-state index contributed by atoms with van der Waals surface area (Å²) in [7, 11) is 3.50. The van der Waals surface area contributed by atoms with Gasteiger partial charge in [0.2, 0.25) is 5.91 Å². The van der Waals surface area contributed by atoms with Crippen LogP contribution in [0, 0.1) is 11.8 Å². The summed E-state index contributed by atoms with van der Waals surface area (Å²) in [6.45, 7) is 1.63. The van der Waals surface area contributed by atoms with E-state index in [1.54, 1.807) is 7.05 Å². The van der Waals surface area contributed by atoms with Crippen molar-refractivity contribution in [3.8, 4) is 17.6 Å². The number of aliphatic hydroxyl groups is 1. The summed E-state index contributed by atoms with van der Waals surface area (Å²) < 4.78 is 5.61. The van der Waals surface area contributed by atoms with Gasteiger partial charge in [-0.05, 0) is 31.3 Å². The summed E-state index contributed by atoms with van der Waals surface area (Å²) >= 11 is 0. The third-order valence-corrected chi connectivity index (χ3v) is 2.76. The van der Waals surface area contributed by atoms with Crippen LogP contribution in [0.3, 0.4) is 0 Å². The van der Waals surface area contributed by atoms with Gasteiger partial charge in [0.15, 0.2) is 0 Å². The van der Waals surface area contributed by atoms with E-state index in [2.05, 4.69) is 17.2 Å². The summed E-state index contributed by atoms with van der Waals surface area (Å²) in [4.78, 5) is 13.1. The van der Waals surface area contributed by atoms with Gasteiger partial charge < -0.3 is 15.2 Å². The smallest absolute Gasteiger partial charge is 0.233 e. The second-order valence-electron chi connectivity index (χ2n) is 4.56. The van der Waals surface area contributed by atoms with Crippen LogP contribution in [0.1, 0.15) is 12.0 Å². The van der Waals surface area contributed by atoms with E-state index in [9.17, 15) is 4.79 Å². The average Bonchev–Trinajstić information content (AvgIpc) is 2.49. The van der Waals surface area contributed by atoms with Crippen LogP contribution < -0.4 is 10.1 Å². The van der Waals surface area contributed by atoms with Crippen LogP contribution in [0.5, 0.6) is 5.75 Å². The molecule has 0 aliphatic rings. The molecule has 0 aliphatic heterocycles. The van der Waals surface area contributed by atoms with Crippen LogP contribution in [0.2, 0.25) is 0 Å². The zero-order chi connectivity index (χ0) is 15.5. The Labute approximate surface area is 125 Å². The minimum Gasteiger partial charge on any atom is -0.492 e. The lowest BCUT2D eigenvalue weighted by Crippen LogP contribution is -2.35. The zero-order valence-corrected chi connectivity index (χ0v) is 12.6.